The first-order chi connectivity index (χ1) is 7.77. The first-order valence-corrected chi connectivity index (χ1v) is 5.05. The second-order valence-electron chi connectivity index (χ2n) is 4.17. The van der Waals surface area contributed by atoms with Gasteiger partial charge in [0.2, 0.25) is 0 Å². The molecule has 4 nitrogen and oxygen atoms in total. The van der Waals surface area contributed by atoms with E-state index in [4.69, 9.17) is 9.84 Å². The first-order valence-electron chi connectivity index (χ1n) is 5.05. The van der Waals surface area contributed by atoms with Crippen molar-refractivity contribution in [3.63, 3.8) is 0 Å². The van der Waals surface area contributed by atoms with Gasteiger partial charge in [0, 0.05) is 5.56 Å². The highest BCUT2D eigenvalue weighted by molar-refractivity contribution is 5.75. The zero-order chi connectivity index (χ0) is 13.2. The van der Waals surface area contributed by atoms with Gasteiger partial charge in [-0.2, -0.15) is 0 Å². The van der Waals surface area contributed by atoms with Crippen LogP contribution in [0.25, 0.3) is 0 Å². The zero-order valence-corrected chi connectivity index (χ0v) is 9.90. The number of carboxylic acids is 1. The Bertz CT molecular complexity index is 423. The van der Waals surface area contributed by atoms with Gasteiger partial charge in [0.15, 0.2) is 6.10 Å². The van der Waals surface area contributed by atoms with Crippen LogP contribution in [-0.4, -0.2) is 23.3 Å². The van der Waals surface area contributed by atoms with Crippen molar-refractivity contribution in [2.45, 2.75) is 25.6 Å². The highest BCUT2D eigenvalue weighted by atomic mass is 19.1. The van der Waals surface area contributed by atoms with Gasteiger partial charge in [-0.05, 0) is 31.5 Å². The molecule has 5 heteroatoms. The Morgan fingerprint density at radius 3 is 2.47 bits per heavy atom. The molecular formula is C12H15FO4. The maximum absolute atomic E-state index is 13.7. The Morgan fingerprint density at radius 2 is 2.06 bits per heavy atom. The first kappa shape index (κ1) is 13.4. The van der Waals surface area contributed by atoms with E-state index in [2.05, 4.69) is 0 Å². The molecule has 0 fully saturated rings. The highest BCUT2D eigenvalue weighted by Gasteiger charge is 2.25. The quantitative estimate of drug-likeness (QED) is 0.847. The van der Waals surface area contributed by atoms with E-state index in [1.165, 1.54) is 39.2 Å². The van der Waals surface area contributed by atoms with E-state index >= 15 is 0 Å². The minimum absolute atomic E-state index is 0.0447. The summed E-state index contributed by atoms with van der Waals surface area (Å²) in [7, 11) is 1.35. The summed E-state index contributed by atoms with van der Waals surface area (Å²) in [6.07, 6.45) is -1.73. The number of benzene rings is 1. The Labute approximate surface area is 98.7 Å². The van der Waals surface area contributed by atoms with Crippen molar-refractivity contribution < 1.29 is 24.1 Å². The van der Waals surface area contributed by atoms with E-state index in [1.54, 1.807) is 0 Å². The molecule has 1 rings (SSSR count). The molecule has 1 atom stereocenters. The van der Waals surface area contributed by atoms with Gasteiger partial charge in [-0.25, -0.2) is 9.18 Å². The van der Waals surface area contributed by atoms with Gasteiger partial charge in [0.25, 0.3) is 0 Å². The lowest BCUT2D eigenvalue weighted by Crippen LogP contribution is -2.15. The zero-order valence-electron chi connectivity index (χ0n) is 9.90. The van der Waals surface area contributed by atoms with E-state index in [0.717, 1.165) is 0 Å². The lowest BCUT2D eigenvalue weighted by molar-refractivity contribution is -0.147. The maximum atomic E-state index is 13.7. The number of aliphatic hydroxyl groups excluding tert-OH is 1. The molecule has 0 aromatic heterocycles. The van der Waals surface area contributed by atoms with Crippen molar-refractivity contribution in [2.75, 3.05) is 7.11 Å². The highest BCUT2D eigenvalue weighted by Crippen LogP contribution is 2.32. The fourth-order valence-corrected chi connectivity index (χ4v) is 1.45. The normalized spacial score (nSPS) is 13.2. The Kier molecular flexibility index (Phi) is 3.72. The van der Waals surface area contributed by atoms with Gasteiger partial charge in [0.05, 0.1) is 7.11 Å². The van der Waals surface area contributed by atoms with Crippen molar-refractivity contribution in [3.8, 4) is 5.75 Å². The fourth-order valence-electron chi connectivity index (χ4n) is 1.45. The van der Waals surface area contributed by atoms with E-state index < -0.39 is 17.7 Å². The number of alkyl halides is 1. The number of aliphatic hydroxyl groups is 1. The molecular weight excluding hydrogens is 227 g/mol. The second-order valence-corrected chi connectivity index (χ2v) is 4.17. The predicted octanol–water partition coefficient (Wildman–Crippen LogP) is 2.02. The summed E-state index contributed by atoms with van der Waals surface area (Å²) in [5.74, 6) is -1.19. The van der Waals surface area contributed by atoms with E-state index in [9.17, 15) is 14.3 Å². The molecule has 2 N–H and O–H groups in total. The van der Waals surface area contributed by atoms with Crippen molar-refractivity contribution in [2.24, 2.45) is 0 Å². The third-order valence-corrected chi connectivity index (χ3v) is 2.44. The predicted molar refractivity (Wildman–Crippen MR) is 59.7 cm³/mol. The number of ether oxygens (including phenoxy) is 1. The van der Waals surface area contributed by atoms with Gasteiger partial charge in [-0.3, -0.25) is 0 Å². The van der Waals surface area contributed by atoms with Crippen LogP contribution in [0.2, 0.25) is 0 Å². The van der Waals surface area contributed by atoms with Crippen molar-refractivity contribution >= 4 is 5.97 Å². The number of carboxylic acid groups (broad SMARTS) is 1. The molecule has 0 aliphatic carbocycles. The molecule has 0 amide bonds. The molecule has 94 valence electrons. The Morgan fingerprint density at radius 1 is 1.47 bits per heavy atom. The molecule has 1 aromatic carbocycles. The van der Waals surface area contributed by atoms with E-state index in [0.29, 0.717) is 0 Å². The molecule has 0 saturated carbocycles. The topological polar surface area (TPSA) is 66.8 Å². The maximum Gasteiger partial charge on any atom is 0.337 e. The van der Waals surface area contributed by atoms with Crippen LogP contribution in [0.1, 0.15) is 31.1 Å². The van der Waals surface area contributed by atoms with Gasteiger partial charge in [0.1, 0.15) is 11.4 Å². The summed E-state index contributed by atoms with van der Waals surface area (Å²) >= 11 is 0. The minimum Gasteiger partial charge on any atom is -0.496 e. The molecule has 0 heterocycles. The monoisotopic (exact) mass is 242 g/mol. The van der Waals surface area contributed by atoms with Gasteiger partial charge in [-0.15, -0.1) is 0 Å². The smallest absolute Gasteiger partial charge is 0.337 e. The van der Waals surface area contributed by atoms with Gasteiger partial charge < -0.3 is 14.9 Å². The second kappa shape index (κ2) is 4.71. The molecule has 0 aliphatic rings. The number of hydrogen-bond donors (Lipinski definition) is 2. The molecule has 1 aromatic rings. The lowest BCUT2D eigenvalue weighted by atomic mass is 9.95. The van der Waals surface area contributed by atoms with Crippen LogP contribution in [0.15, 0.2) is 18.2 Å². The van der Waals surface area contributed by atoms with Crippen molar-refractivity contribution in [1.29, 1.82) is 0 Å². The molecule has 0 saturated heterocycles. The van der Waals surface area contributed by atoms with Crippen LogP contribution < -0.4 is 4.74 Å². The van der Waals surface area contributed by atoms with Gasteiger partial charge in [-0.1, -0.05) is 6.07 Å². The summed E-state index contributed by atoms with van der Waals surface area (Å²) in [5.41, 5.74) is -1.28. The van der Waals surface area contributed by atoms with Gasteiger partial charge >= 0.3 is 5.97 Å². The number of aliphatic carboxylic acids is 1. The third-order valence-electron chi connectivity index (χ3n) is 2.44. The molecule has 0 radical (unpaired) electrons. The summed E-state index contributed by atoms with van der Waals surface area (Å²) in [4.78, 5) is 10.7. The number of methoxy groups -OCH3 is 1. The Balaban J connectivity index is 3.29. The molecule has 0 bridgehead atoms. The third kappa shape index (κ3) is 2.94. The van der Waals surface area contributed by atoms with E-state index in [1.807, 2.05) is 0 Å². The van der Waals surface area contributed by atoms with Crippen molar-refractivity contribution in [3.05, 3.63) is 29.3 Å². The standard InChI is InChI=1S/C12H15FO4/c1-12(2,13)7-4-5-9(17-3)8(6-7)10(14)11(15)16/h4-6,10,14H,1-3H3,(H,15,16). The van der Waals surface area contributed by atoms with E-state index in [-0.39, 0.29) is 16.9 Å². The molecule has 0 aliphatic heterocycles. The number of hydrogen-bond acceptors (Lipinski definition) is 3. The number of carbonyl (C=O) groups is 1. The van der Waals surface area contributed by atoms with Crippen LogP contribution in [0.3, 0.4) is 0 Å². The summed E-state index contributed by atoms with van der Waals surface area (Å²) < 4.78 is 18.7. The minimum atomic E-state index is -1.73. The molecule has 0 spiro atoms. The average Bonchev–Trinajstić information content (AvgIpc) is 2.25. The average molecular weight is 242 g/mol. The van der Waals surface area contributed by atoms with Crippen molar-refractivity contribution in [1.82, 2.24) is 0 Å². The van der Waals surface area contributed by atoms with Crippen LogP contribution >= 0.6 is 0 Å². The fraction of sp³-hybridized carbons (Fsp3) is 0.417. The summed E-state index contributed by atoms with van der Waals surface area (Å²) in [6.45, 7) is 2.71. The van der Waals surface area contributed by atoms with Crippen LogP contribution in [0.4, 0.5) is 4.39 Å². The lowest BCUT2D eigenvalue weighted by Gasteiger charge is -2.18. The largest absolute Gasteiger partial charge is 0.496 e. The summed E-state index contributed by atoms with van der Waals surface area (Å²) in [5, 5.41) is 18.2. The van der Waals surface area contributed by atoms with Crippen LogP contribution in [-0.2, 0) is 10.5 Å². The summed E-state index contributed by atoms with van der Waals surface area (Å²) in [6, 6.07) is 4.24. The Hall–Kier alpha value is -1.62. The van der Waals surface area contributed by atoms with Crippen LogP contribution in [0, 0.1) is 0 Å². The number of halogens is 1. The molecule has 17 heavy (non-hydrogen) atoms. The molecule has 1 unspecified atom stereocenters. The van der Waals surface area contributed by atoms with Crippen LogP contribution in [0.5, 0.6) is 5.75 Å². The number of rotatable bonds is 4. The SMILES string of the molecule is COc1ccc(C(C)(C)F)cc1C(O)C(=O)O.